The van der Waals surface area contributed by atoms with Crippen LogP contribution >= 0.6 is 0 Å². The van der Waals surface area contributed by atoms with Crippen LogP contribution in [0.15, 0.2) is 54.9 Å². The lowest BCUT2D eigenvalue weighted by Crippen LogP contribution is -2.47. The van der Waals surface area contributed by atoms with E-state index in [1.54, 1.807) is 54.9 Å². The van der Waals surface area contributed by atoms with Crippen LogP contribution in [-0.4, -0.2) is 52.3 Å². The van der Waals surface area contributed by atoms with Crippen molar-refractivity contribution in [2.45, 2.75) is 0 Å². The highest BCUT2D eigenvalue weighted by molar-refractivity contribution is 6.02. The van der Waals surface area contributed by atoms with Crippen LogP contribution in [-0.2, 0) is 0 Å². The third-order valence-corrected chi connectivity index (χ3v) is 4.59. The number of hydrogen-bond donors (Lipinski definition) is 1. The van der Waals surface area contributed by atoms with E-state index in [4.69, 9.17) is 5.26 Å². The van der Waals surface area contributed by atoms with Crippen molar-refractivity contribution in [3.05, 3.63) is 66.1 Å². The van der Waals surface area contributed by atoms with Crippen LogP contribution in [0.1, 0.15) is 16.1 Å². The minimum Gasteiger partial charge on any atom is -0.352 e. The van der Waals surface area contributed by atoms with Gasteiger partial charge in [0, 0.05) is 44.3 Å². The first kappa shape index (κ1) is 18.3. The second-order valence-corrected chi connectivity index (χ2v) is 6.44. The molecule has 0 radical (unpaired) electrons. The van der Waals surface area contributed by atoms with Gasteiger partial charge >= 0.3 is 0 Å². The standard InChI is InChI=1S/C20H18N8O/c21-14-15-2-4-16(5-3-15)24-19(29)17-6-7-18(26-25-17)27-10-12-28(13-11-27)20-22-8-1-9-23-20/h1-9H,10-13H2,(H,24,29). The van der Waals surface area contributed by atoms with E-state index in [1.165, 1.54) is 0 Å². The second kappa shape index (κ2) is 8.31. The van der Waals surface area contributed by atoms with Crippen LogP contribution in [0.4, 0.5) is 17.5 Å². The molecule has 1 aliphatic heterocycles. The van der Waals surface area contributed by atoms with Crippen LogP contribution in [0.25, 0.3) is 0 Å². The summed E-state index contributed by atoms with van der Waals surface area (Å²) in [4.78, 5) is 25.2. The highest BCUT2D eigenvalue weighted by Gasteiger charge is 2.20. The SMILES string of the molecule is N#Cc1ccc(NC(=O)c2ccc(N3CCN(c4ncccn4)CC3)nn2)cc1. The van der Waals surface area contributed by atoms with Gasteiger partial charge in [-0.25, -0.2) is 9.97 Å². The quantitative estimate of drug-likeness (QED) is 0.721. The molecule has 1 fully saturated rings. The summed E-state index contributed by atoms with van der Waals surface area (Å²) in [5, 5.41) is 19.9. The number of nitriles is 1. The average molecular weight is 386 g/mol. The molecule has 1 N–H and O–H groups in total. The van der Waals surface area contributed by atoms with Crippen LogP contribution < -0.4 is 15.1 Å². The molecule has 4 rings (SSSR count). The molecule has 0 aliphatic carbocycles. The molecule has 1 amide bonds. The Balaban J connectivity index is 1.35. The van der Waals surface area contributed by atoms with Gasteiger partial charge in [-0.2, -0.15) is 5.26 Å². The molecule has 2 aromatic heterocycles. The zero-order valence-corrected chi connectivity index (χ0v) is 15.6. The molecule has 3 aromatic rings. The number of benzene rings is 1. The van der Waals surface area contributed by atoms with Gasteiger partial charge in [-0.1, -0.05) is 0 Å². The summed E-state index contributed by atoms with van der Waals surface area (Å²) >= 11 is 0. The molecule has 1 aromatic carbocycles. The molecule has 3 heterocycles. The molecule has 0 unspecified atom stereocenters. The molecular formula is C20H18N8O. The average Bonchev–Trinajstić information content (AvgIpc) is 2.80. The van der Waals surface area contributed by atoms with Gasteiger partial charge in [0.2, 0.25) is 5.95 Å². The van der Waals surface area contributed by atoms with Gasteiger partial charge in [0.25, 0.3) is 5.91 Å². The summed E-state index contributed by atoms with van der Waals surface area (Å²) in [7, 11) is 0. The van der Waals surface area contributed by atoms with Crippen molar-refractivity contribution in [1.82, 2.24) is 20.2 Å². The zero-order valence-electron chi connectivity index (χ0n) is 15.6. The van der Waals surface area contributed by atoms with Gasteiger partial charge in [0.15, 0.2) is 11.5 Å². The molecule has 1 saturated heterocycles. The number of piperazine rings is 1. The number of carbonyl (C=O) groups excluding carboxylic acids is 1. The summed E-state index contributed by atoms with van der Waals surface area (Å²) in [5.74, 6) is 1.11. The fraction of sp³-hybridized carbons (Fsp3) is 0.200. The lowest BCUT2D eigenvalue weighted by molar-refractivity contribution is 0.102. The summed E-state index contributed by atoms with van der Waals surface area (Å²) in [6.45, 7) is 3.10. The Hall–Kier alpha value is -4.06. The van der Waals surface area contributed by atoms with Gasteiger partial charge in [-0.15, -0.1) is 10.2 Å². The third kappa shape index (κ3) is 4.27. The highest BCUT2D eigenvalue weighted by atomic mass is 16.1. The number of amides is 1. The molecule has 0 spiro atoms. The molecule has 29 heavy (non-hydrogen) atoms. The van der Waals surface area contributed by atoms with E-state index < -0.39 is 0 Å². The Morgan fingerprint density at radius 2 is 1.62 bits per heavy atom. The Morgan fingerprint density at radius 3 is 2.24 bits per heavy atom. The first-order chi connectivity index (χ1) is 14.2. The van der Waals surface area contributed by atoms with Gasteiger partial charge < -0.3 is 15.1 Å². The van der Waals surface area contributed by atoms with Crippen molar-refractivity contribution < 1.29 is 4.79 Å². The molecule has 0 saturated carbocycles. The first-order valence-electron chi connectivity index (χ1n) is 9.15. The topological polar surface area (TPSA) is 111 Å². The molecule has 144 valence electrons. The maximum Gasteiger partial charge on any atom is 0.276 e. The number of anilines is 3. The zero-order chi connectivity index (χ0) is 20.1. The van der Waals surface area contributed by atoms with Crippen LogP contribution in [0.2, 0.25) is 0 Å². The minimum atomic E-state index is -0.347. The van der Waals surface area contributed by atoms with Crippen LogP contribution in [0, 0.1) is 11.3 Å². The summed E-state index contributed by atoms with van der Waals surface area (Å²) in [6, 6.07) is 13.9. The van der Waals surface area contributed by atoms with Crippen molar-refractivity contribution >= 4 is 23.4 Å². The Bertz CT molecular complexity index is 1010. The lowest BCUT2D eigenvalue weighted by atomic mass is 10.2. The molecule has 9 nitrogen and oxygen atoms in total. The summed E-state index contributed by atoms with van der Waals surface area (Å²) < 4.78 is 0. The predicted octanol–water partition coefficient (Wildman–Crippen LogP) is 1.72. The largest absolute Gasteiger partial charge is 0.352 e. The van der Waals surface area contributed by atoms with Gasteiger partial charge in [-0.3, -0.25) is 4.79 Å². The number of nitrogens with zero attached hydrogens (tertiary/aromatic N) is 7. The van der Waals surface area contributed by atoms with Crippen molar-refractivity contribution in [1.29, 1.82) is 5.26 Å². The Labute approximate surface area is 167 Å². The smallest absolute Gasteiger partial charge is 0.276 e. The Morgan fingerprint density at radius 1 is 0.931 bits per heavy atom. The maximum absolute atomic E-state index is 12.3. The number of rotatable bonds is 4. The number of aromatic nitrogens is 4. The van der Waals surface area contributed by atoms with Gasteiger partial charge in [0.1, 0.15) is 0 Å². The number of carbonyl (C=O) groups is 1. The van der Waals surface area contributed by atoms with E-state index in [-0.39, 0.29) is 11.6 Å². The van der Waals surface area contributed by atoms with Crippen molar-refractivity contribution in [2.24, 2.45) is 0 Å². The summed E-state index contributed by atoms with van der Waals surface area (Å²) in [6.07, 6.45) is 3.48. The molecule has 0 bridgehead atoms. The summed E-state index contributed by atoms with van der Waals surface area (Å²) in [5.41, 5.74) is 1.36. The van der Waals surface area contributed by atoms with Crippen molar-refractivity contribution in [3.8, 4) is 6.07 Å². The van der Waals surface area contributed by atoms with E-state index in [0.29, 0.717) is 11.3 Å². The molecule has 9 heteroatoms. The maximum atomic E-state index is 12.3. The van der Waals surface area contributed by atoms with Crippen molar-refractivity contribution in [3.63, 3.8) is 0 Å². The fourth-order valence-corrected chi connectivity index (χ4v) is 3.03. The molecular weight excluding hydrogens is 368 g/mol. The normalized spacial score (nSPS) is 13.6. The number of nitrogens with one attached hydrogen (secondary N) is 1. The van der Waals surface area contributed by atoms with Crippen molar-refractivity contribution in [2.75, 3.05) is 41.3 Å². The second-order valence-electron chi connectivity index (χ2n) is 6.44. The van der Waals surface area contributed by atoms with E-state index in [1.807, 2.05) is 6.07 Å². The van der Waals surface area contributed by atoms with Crippen LogP contribution in [0.3, 0.4) is 0 Å². The predicted molar refractivity (Wildman–Crippen MR) is 108 cm³/mol. The minimum absolute atomic E-state index is 0.231. The Kier molecular flexibility index (Phi) is 5.25. The van der Waals surface area contributed by atoms with Gasteiger partial charge in [-0.05, 0) is 42.5 Å². The van der Waals surface area contributed by atoms with Gasteiger partial charge in [0.05, 0.1) is 11.6 Å². The molecule has 0 atom stereocenters. The monoisotopic (exact) mass is 386 g/mol. The van der Waals surface area contributed by atoms with E-state index in [9.17, 15) is 4.79 Å². The first-order valence-corrected chi connectivity index (χ1v) is 9.15. The van der Waals surface area contributed by atoms with E-state index >= 15 is 0 Å². The van der Waals surface area contributed by atoms with E-state index in [2.05, 4.69) is 35.3 Å². The molecule has 1 aliphatic rings. The van der Waals surface area contributed by atoms with Crippen LogP contribution in [0.5, 0.6) is 0 Å². The highest BCUT2D eigenvalue weighted by Crippen LogP contribution is 2.16. The van der Waals surface area contributed by atoms with E-state index in [0.717, 1.165) is 37.9 Å². The number of hydrogen-bond acceptors (Lipinski definition) is 8. The lowest BCUT2D eigenvalue weighted by Gasteiger charge is -2.35. The fourth-order valence-electron chi connectivity index (χ4n) is 3.03. The third-order valence-electron chi connectivity index (χ3n) is 4.59.